The van der Waals surface area contributed by atoms with Crippen molar-refractivity contribution >= 4 is 35.0 Å². The smallest absolute Gasteiger partial charge is 0.337 e. The van der Waals surface area contributed by atoms with Crippen molar-refractivity contribution in [1.29, 1.82) is 0 Å². The summed E-state index contributed by atoms with van der Waals surface area (Å²) in [7, 11) is 2.80. The van der Waals surface area contributed by atoms with Crippen molar-refractivity contribution in [3.63, 3.8) is 0 Å². The van der Waals surface area contributed by atoms with Crippen molar-refractivity contribution in [2.75, 3.05) is 34.2 Å². The third-order valence-corrected chi connectivity index (χ3v) is 8.66. The van der Waals surface area contributed by atoms with Crippen LogP contribution in [0.25, 0.3) is 6.08 Å². The first-order chi connectivity index (χ1) is 22.8. The zero-order valence-electron chi connectivity index (χ0n) is 26.0. The monoisotopic (exact) mass is 678 g/mol. The van der Waals surface area contributed by atoms with Crippen LogP contribution < -0.4 is 43.3 Å². The van der Waals surface area contributed by atoms with Gasteiger partial charge in [-0.15, -0.1) is 0 Å². The van der Waals surface area contributed by atoms with E-state index in [2.05, 4.69) is 4.99 Å². The number of fused-ring (bicyclic) bond motifs is 2. The maximum atomic E-state index is 14.0. The quantitative estimate of drug-likeness (QED) is 0.207. The van der Waals surface area contributed by atoms with E-state index in [9.17, 15) is 9.59 Å². The number of esters is 1. The van der Waals surface area contributed by atoms with Gasteiger partial charge in [0.25, 0.3) is 5.56 Å². The summed E-state index contributed by atoms with van der Waals surface area (Å²) in [6, 6.07) is 13.5. The van der Waals surface area contributed by atoms with Crippen LogP contribution in [0.3, 0.4) is 0 Å². The zero-order valence-corrected chi connectivity index (χ0v) is 27.6. The first-order valence-corrected chi connectivity index (χ1v) is 15.9. The highest BCUT2D eigenvalue weighted by Crippen LogP contribution is 2.39. The number of aromatic nitrogens is 1. The van der Waals surface area contributed by atoms with E-state index < -0.39 is 12.0 Å². The van der Waals surface area contributed by atoms with Crippen LogP contribution in [-0.2, 0) is 16.1 Å². The SMILES string of the molecule is CCOc1ccc([C@H]2C(C(=O)OC)=CN=c3s/c(=C\c4cc(Cl)c(OCc5ccc6c(c5)OCO6)c(OC)c4)c(=O)n32)cc1OCC. The molecule has 0 fully saturated rings. The molecule has 0 bridgehead atoms. The molecule has 0 saturated carbocycles. The number of ether oxygens (including phenoxy) is 7. The minimum atomic E-state index is -0.819. The molecule has 3 heterocycles. The maximum absolute atomic E-state index is 14.0. The highest BCUT2D eigenvalue weighted by Gasteiger charge is 2.31. The van der Waals surface area contributed by atoms with Crippen molar-refractivity contribution < 1.29 is 38.0 Å². The summed E-state index contributed by atoms with van der Waals surface area (Å²) in [5.41, 5.74) is 1.95. The van der Waals surface area contributed by atoms with E-state index in [0.717, 1.165) is 5.56 Å². The van der Waals surface area contributed by atoms with Gasteiger partial charge < -0.3 is 33.2 Å². The molecule has 1 atom stereocenters. The number of thiazole rings is 1. The first-order valence-electron chi connectivity index (χ1n) is 14.7. The number of carbonyl (C=O) groups is 1. The molecule has 3 aromatic carbocycles. The van der Waals surface area contributed by atoms with Crippen molar-refractivity contribution in [3.8, 4) is 34.5 Å². The molecule has 2 aliphatic rings. The molecular weight excluding hydrogens is 648 g/mol. The predicted octanol–water partition coefficient (Wildman–Crippen LogP) is 4.79. The van der Waals surface area contributed by atoms with Crippen LogP contribution >= 0.6 is 22.9 Å². The van der Waals surface area contributed by atoms with Gasteiger partial charge in [0, 0.05) is 6.20 Å². The molecule has 244 valence electrons. The Balaban J connectivity index is 1.36. The Bertz CT molecular complexity index is 2050. The maximum Gasteiger partial charge on any atom is 0.337 e. The van der Waals surface area contributed by atoms with Gasteiger partial charge in [-0.2, -0.15) is 0 Å². The molecule has 1 aromatic heterocycles. The van der Waals surface area contributed by atoms with Gasteiger partial charge in [-0.1, -0.05) is 35.1 Å². The molecule has 4 aromatic rings. The Morgan fingerprint density at radius 2 is 1.79 bits per heavy atom. The third-order valence-electron chi connectivity index (χ3n) is 7.38. The van der Waals surface area contributed by atoms with E-state index in [-0.39, 0.29) is 24.5 Å². The average Bonchev–Trinajstić information content (AvgIpc) is 3.67. The zero-order chi connectivity index (χ0) is 33.1. The van der Waals surface area contributed by atoms with Gasteiger partial charge >= 0.3 is 5.97 Å². The first kappa shape index (κ1) is 32.0. The van der Waals surface area contributed by atoms with Gasteiger partial charge in [0.15, 0.2) is 39.3 Å². The van der Waals surface area contributed by atoms with Crippen molar-refractivity contribution in [2.45, 2.75) is 26.5 Å². The lowest BCUT2D eigenvalue weighted by molar-refractivity contribution is -0.136. The Hall–Kier alpha value is -4.94. The molecule has 0 unspecified atom stereocenters. The summed E-state index contributed by atoms with van der Waals surface area (Å²) < 4.78 is 40.9. The van der Waals surface area contributed by atoms with E-state index in [1.165, 1.54) is 36.3 Å². The van der Waals surface area contributed by atoms with Crippen LogP contribution in [0.5, 0.6) is 34.5 Å². The lowest BCUT2D eigenvalue weighted by atomic mass is 9.97. The highest BCUT2D eigenvalue weighted by atomic mass is 35.5. The fourth-order valence-corrected chi connectivity index (χ4v) is 6.53. The standard InChI is InChI=1S/C34H31ClN2O9S/c1-5-42-24-10-8-21(15-27(24)43-6-2)30-22(33(39)41-4)16-36-34-37(30)32(38)29(47-34)14-20-11-23(35)31(28(13-20)40-3)44-17-19-7-9-25-26(12-19)46-18-45-25/h7-16,30H,5-6,17-18H2,1-4H3/b29-14-/t30-/m0/s1. The minimum Gasteiger partial charge on any atom is -0.493 e. The van der Waals surface area contributed by atoms with E-state index in [0.29, 0.717) is 73.2 Å². The topological polar surface area (TPSA) is 116 Å². The Kier molecular flexibility index (Phi) is 9.41. The van der Waals surface area contributed by atoms with Crippen LogP contribution in [0.4, 0.5) is 0 Å². The number of carbonyl (C=O) groups excluding carboxylic acids is 1. The summed E-state index contributed by atoms with van der Waals surface area (Å²) in [6.45, 7) is 4.99. The molecular formula is C34H31ClN2O9S. The highest BCUT2D eigenvalue weighted by molar-refractivity contribution is 7.07. The molecule has 2 aliphatic heterocycles. The van der Waals surface area contributed by atoms with Crippen LogP contribution in [0.1, 0.15) is 36.6 Å². The fourth-order valence-electron chi connectivity index (χ4n) is 5.29. The fraction of sp³-hybridized carbons (Fsp3) is 0.265. The largest absolute Gasteiger partial charge is 0.493 e. The molecule has 11 nitrogen and oxygen atoms in total. The number of benzene rings is 3. The molecule has 0 saturated heterocycles. The van der Waals surface area contributed by atoms with Crippen LogP contribution in [0, 0.1) is 0 Å². The third kappa shape index (κ3) is 6.38. The van der Waals surface area contributed by atoms with Crippen LogP contribution in [-0.4, -0.2) is 44.8 Å². The summed E-state index contributed by atoms with van der Waals surface area (Å²) >= 11 is 7.86. The molecule has 0 spiro atoms. The molecule has 6 rings (SSSR count). The molecule has 0 N–H and O–H groups in total. The summed E-state index contributed by atoms with van der Waals surface area (Å²) in [5, 5.41) is 0.299. The summed E-state index contributed by atoms with van der Waals surface area (Å²) in [5.74, 6) is 2.53. The Labute approximate surface area is 278 Å². The van der Waals surface area contributed by atoms with Gasteiger partial charge in [0.1, 0.15) is 6.61 Å². The Morgan fingerprint density at radius 3 is 2.55 bits per heavy atom. The van der Waals surface area contributed by atoms with Crippen LogP contribution in [0.15, 0.2) is 70.1 Å². The Morgan fingerprint density at radius 1 is 1.00 bits per heavy atom. The second kappa shape index (κ2) is 13.8. The van der Waals surface area contributed by atoms with Crippen molar-refractivity contribution in [3.05, 3.63) is 102 Å². The predicted molar refractivity (Wildman–Crippen MR) is 175 cm³/mol. The van der Waals surface area contributed by atoms with Gasteiger partial charge in [0.2, 0.25) is 6.79 Å². The normalized spacial score (nSPS) is 15.0. The van der Waals surface area contributed by atoms with Crippen LogP contribution in [0.2, 0.25) is 5.02 Å². The number of nitrogens with zero attached hydrogens (tertiary/aromatic N) is 2. The minimum absolute atomic E-state index is 0.183. The van der Waals surface area contributed by atoms with Gasteiger partial charge in [-0.05, 0) is 73.0 Å². The van der Waals surface area contributed by atoms with E-state index in [4.69, 9.17) is 44.8 Å². The molecule has 0 aliphatic carbocycles. The summed E-state index contributed by atoms with van der Waals surface area (Å²) in [4.78, 5) is 31.8. The van der Waals surface area contributed by atoms with Crippen molar-refractivity contribution in [2.24, 2.45) is 4.99 Å². The number of hydrogen-bond donors (Lipinski definition) is 0. The van der Waals surface area contributed by atoms with E-state index in [1.807, 2.05) is 32.0 Å². The lowest BCUT2D eigenvalue weighted by Gasteiger charge is -2.23. The van der Waals surface area contributed by atoms with Crippen molar-refractivity contribution in [1.82, 2.24) is 4.57 Å². The van der Waals surface area contributed by atoms with Gasteiger partial charge in [0.05, 0.1) is 48.6 Å². The average molecular weight is 679 g/mol. The van der Waals surface area contributed by atoms with E-state index in [1.54, 1.807) is 36.4 Å². The van der Waals surface area contributed by atoms with E-state index >= 15 is 0 Å². The number of methoxy groups -OCH3 is 2. The summed E-state index contributed by atoms with van der Waals surface area (Å²) in [6.07, 6.45) is 3.14. The molecule has 0 radical (unpaired) electrons. The molecule has 47 heavy (non-hydrogen) atoms. The number of hydrogen-bond acceptors (Lipinski definition) is 11. The lowest BCUT2D eigenvalue weighted by Crippen LogP contribution is -2.39. The number of rotatable bonds is 11. The van der Waals surface area contributed by atoms with Gasteiger partial charge in [-0.25, -0.2) is 9.79 Å². The van der Waals surface area contributed by atoms with Gasteiger partial charge in [-0.3, -0.25) is 9.36 Å². The number of halogens is 1. The molecule has 0 amide bonds. The second-order valence-electron chi connectivity index (χ2n) is 10.3. The second-order valence-corrected chi connectivity index (χ2v) is 11.7. The molecule has 13 heteroatoms.